The van der Waals surface area contributed by atoms with Crippen molar-refractivity contribution in [2.45, 2.75) is 12.6 Å². The summed E-state index contributed by atoms with van der Waals surface area (Å²) in [5.41, 5.74) is 1.69. The summed E-state index contributed by atoms with van der Waals surface area (Å²) in [6, 6.07) is 13.1. The van der Waals surface area contributed by atoms with E-state index in [0.717, 1.165) is 5.56 Å². The van der Waals surface area contributed by atoms with E-state index < -0.39 is 17.7 Å². The predicted molar refractivity (Wildman–Crippen MR) is 89.9 cm³/mol. The number of amides is 1. The van der Waals surface area contributed by atoms with Gasteiger partial charge in [-0.05, 0) is 29.8 Å². The van der Waals surface area contributed by atoms with Crippen molar-refractivity contribution in [3.05, 3.63) is 69.7 Å². The Labute approximate surface area is 142 Å². The lowest BCUT2D eigenvalue weighted by molar-refractivity contribution is -0.122. The molecule has 124 valence electrons. The number of oxazole rings is 1. The van der Waals surface area contributed by atoms with E-state index in [2.05, 4.69) is 5.32 Å². The van der Waals surface area contributed by atoms with Gasteiger partial charge in [-0.15, -0.1) is 0 Å². The van der Waals surface area contributed by atoms with Gasteiger partial charge in [0.05, 0.1) is 18.2 Å². The molecule has 3 aromatic rings. The number of rotatable bonds is 5. The van der Waals surface area contributed by atoms with Crippen LogP contribution in [0.2, 0.25) is 5.02 Å². The van der Waals surface area contributed by atoms with Crippen molar-refractivity contribution < 1.29 is 14.3 Å². The second-order valence-corrected chi connectivity index (χ2v) is 5.71. The minimum atomic E-state index is -0.599. The van der Waals surface area contributed by atoms with E-state index >= 15 is 0 Å². The van der Waals surface area contributed by atoms with Gasteiger partial charge in [0, 0.05) is 5.02 Å². The van der Waals surface area contributed by atoms with E-state index in [4.69, 9.17) is 16.0 Å². The van der Waals surface area contributed by atoms with E-state index in [1.807, 2.05) is 0 Å². The number of benzene rings is 2. The number of para-hydroxylation sites is 2. The summed E-state index contributed by atoms with van der Waals surface area (Å²) in [5, 5.41) is 12.8. The van der Waals surface area contributed by atoms with Gasteiger partial charge in [-0.2, -0.15) is 0 Å². The number of halogens is 1. The van der Waals surface area contributed by atoms with Crippen molar-refractivity contribution >= 4 is 28.6 Å². The molecule has 1 atom stereocenters. The van der Waals surface area contributed by atoms with Gasteiger partial charge in [-0.3, -0.25) is 9.36 Å². The molecule has 3 rings (SSSR count). The van der Waals surface area contributed by atoms with Crippen LogP contribution in [0.15, 0.2) is 57.7 Å². The maximum Gasteiger partial charge on any atom is 0.420 e. The first kappa shape index (κ1) is 16.3. The molecule has 1 aromatic heterocycles. The lowest BCUT2D eigenvalue weighted by atomic mass is 10.1. The molecule has 24 heavy (non-hydrogen) atoms. The van der Waals surface area contributed by atoms with E-state index in [1.54, 1.807) is 48.5 Å². The highest BCUT2D eigenvalue weighted by Gasteiger charge is 2.16. The topological polar surface area (TPSA) is 84.5 Å². The number of fused-ring (bicyclic) bond motifs is 1. The Morgan fingerprint density at radius 3 is 2.62 bits per heavy atom. The highest BCUT2D eigenvalue weighted by Crippen LogP contribution is 2.16. The van der Waals surface area contributed by atoms with E-state index in [-0.39, 0.29) is 13.2 Å². The second-order valence-electron chi connectivity index (χ2n) is 5.28. The number of nitrogens with zero attached hydrogens (tertiary/aromatic N) is 1. The number of carbonyl (C=O) groups excluding carboxylic acids is 1. The average molecular weight is 347 g/mol. The molecular formula is C17H15ClN2O4. The fraction of sp³-hybridized carbons (Fsp3) is 0.176. The molecule has 1 unspecified atom stereocenters. The second kappa shape index (κ2) is 6.90. The van der Waals surface area contributed by atoms with Gasteiger partial charge in [-0.1, -0.05) is 35.9 Å². The minimum absolute atomic E-state index is 0.195. The first-order chi connectivity index (χ1) is 11.6. The predicted octanol–water partition coefficient (Wildman–Crippen LogP) is 2.10. The molecule has 0 saturated carbocycles. The van der Waals surface area contributed by atoms with Gasteiger partial charge in [-0.25, -0.2) is 4.79 Å². The van der Waals surface area contributed by atoms with Gasteiger partial charge < -0.3 is 14.8 Å². The fourth-order valence-corrected chi connectivity index (χ4v) is 2.60. The molecule has 7 heteroatoms. The van der Waals surface area contributed by atoms with Crippen LogP contribution >= 0.6 is 11.6 Å². The van der Waals surface area contributed by atoms with Crippen LogP contribution in [0.5, 0.6) is 0 Å². The quantitative estimate of drug-likeness (QED) is 0.741. The molecule has 0 spiro atoms. The molecular weight excluding hydrogens is 332 g/mol. The van der Waals surface area contributed by atoms with Gasteiger partial charge in [0.2, 0.25) is 5.91 Å². The summed E-state index contributed by atoms with van der Waals surface area (Å²) in [6.07, 6.45) is 0. The van der Waals surface area contributed by atoms with Crippen LogP contribution < -0.4 is 11.1 Å². The molecule has 0 bridgehead atoms. The summed E-state index contributed by atoms with van der Waals surface area (Å²) >= 11 is 5.83. The van der Waals surface area contributed by atoms with Crippen molar-refractivity contribution in [3.63, 3.8) is 0 Å². The first-order valence-electron chi connectivity index (χ1n) is 7.32. The van der Waals surface area contributed by atoms with Gasteiger partial charge in [0.15, 0.2) is 5.58 Å². The Bertz CT molecular complexity index is 914. The number of nitrogens with one attached hydrogen (secondary N) is 1. The monoisotopic (exact) mass is 346 g/mol. The molecule has 1 heterocycles. The lowest BCUT2D eigenvalue weighted by Gasteiger charge is -2.17. The lowest BCUT2D eigenvalue weighted by Crippen LogP contribution is -2.35. The molecule has 0 aliphatic rings. The zero-order valence-electron chi connectivity index (χ0n) is 12.6. The van der Waals surface area contributed by atoms with Crippen LogP contribution in [0.1, 0.15) is 11.6 Å². The van der Waals surface area contributed by atoms with Gasteiger partial charge in [0.25, 0.3) is 0 Å². The zero-order chi connectivity index (χ0) is 17.1. The van der Waals surface area contributed by atoms with Crippen LogP contribution in [0.4, 0.5) is 0 Å². The van der Waals surface area contributed by atoms with E-state index in [9.17, 15) is 14.7 Å². The molecule has 1 amide bonds. The number of aliphatic hydroxyl groups is 1. The highest BCUT2D eigenvalue weighted by atomic mass is 35.5. The number of aromatic nitrogens is 1. The van der Waals surface area contributed by atoms with Crippen molar-refractivity contribution in [1.29, 1.82) is 0 Å². The normalized spacial score (nSPS) is 12.2. The molecule has 6 nitrogen and oxygen atoms in total. The van der Waals surface area contributed by atoms with Crippen LogP contribution in [0, 0.1) is 0 Å². The third-order valence-corrected chi connectivity index (χ3v) is 3.92. The summed E-state index contributed by atoms with van der Waals surface area (Å²) in [4.78, 5) is 24.2. The van der Waals surface area contributed by atoms with Crippen LogP contribution in [0.25, 0.3) is 11.1 Å². The summed E-state index contributed by atoms with van der Waals surface area (Å²) in [5.74, 6) is -1.00. The number of hydrogen-bond donors (Lipinski definition) is 2. The van der Waals surface area contributed by atoms with Gasteiger partial charge in [0.1, 0.15) is 6.54 Å². The van der Waals surface area contributed by atoms with Crippen molar-refractivity contribution in [3.8, 4) is 0 Å². The van der Waals surface area contributed by atoms with Crippen molar-refractivity contribution in [1.82, 2.24) is 9.88 Å². The Kier molecular flexibility index (Phi) is 4.69. The fourth-order valence-electron chi connectivity index (χ4n) is 2.48. The Balaban J connectivity index is 1.77. The average Bonchev–Trinajstić information content (AvgIpc) is 2.89. The number of aliphatic hydroxyl groups excluding tert-OH is 1. The minimum Gasteiger partial charge on any atom is -0.408 e. The molecule has 0 aliphatic heterocycles. The summed E-state index contributed by atoms with van der Waals surface area (Å²) in [6.45, 7) is -0.464. The Morgan fingerprint density at radius 2 is 1.92 bits per heavy atom. The molecule has 0 aliphatic carbocycles. The largest absolute Gasteiger partial charge is 0.420 e. The number of hydrogen-bond acceptors (Lipinski definition) is 4. The summed E-state index contributed by atoms with van der Waals surface area (Å²) < 4.78 is 6.34. The van der Waals surface area contributed by atoms with Crippen molar-refractivity contribution in [2.24, 2.45) is 0 Å². The Hall–Kier alpha value is -2.57. The Morgan fingerprint density at radius 1 is 1.21 bits per heavy atom. The van der Waals surface area contributed by atoms with Crippen LogP contribution in [-0.2, 0) is 11.3 Å². The molecule has 2 aromatic carbocycles. The van der Waals surface area contributed by atoms with Gasteiger partial charge >= 0.3 is 5.76 Å². The molecule has 0 radical (unpaired) electrons. The van der Waals surface area contributed by atoms with Crippen LogP contribution in [-0.4, -0.2) is 22.2 Å². The van der Waals surface area contributed by atoms with Crippen LogP contribution in [0.3, 0.4) is 0 Å². The molecule has 0 fully saturated rings. The third kappa shape index (κ3) is 3.34. The van der Waals surface area contributed by atoms with E-state index in [1.165, 1.54) is 4.57 Å². The standard InChI is InChI=1S/C17H15ClN2O4/c18-12-7-5-11(6-8-12)13(10-21)19-16(22)9-20-14-3-1-2-4-15(14)24-17(20)23/h1-8,13,21H,9-10H2,(H,19,22). The summed E-state index contributed by atoms with van der Waals surface area (Å²) in [7, 11) is 0. The first-order valence-corrected chi connectivity index (χ1v) is 7.70. The number of carbonyl (C=O) groups is 1. The van der Waals surface area contributed by atoms with E-state index in [0.29, 0.717) is 16.1 Å². The maximum absolute atomic E-state index is 12.3. The van der Waals surface area contributed by atoms with Crippen molar-refractivity contribution in [2.75, 3.05) is 6.61 Å². The molecule has 0 saturated heterocycles. The SMILES string of the molecule is O=C(Cn1c(=O)oc2ccccc21)NC(CO)c1ccc(Cl)cc1. The maximum atomic E-state index is 12.3. The smallest absolute Gasteiger partial charge is 0.408 e. The third-order valence-electron chi connectivity index (χ3n) is 3.67. The zero-order valence-corrected chi connectivity index (χ0v) is 13.4. The highest BCUT2D eigenvalue weighted by molar-refractivity contribution is 6.30. The molecule has 2 N–H and O–H groups in total.